The lowest BCUT2D eigenvalue weighted by Crippen LogP contribution is -1.97. The number of benzene rings is 1. The highest BCUT2D eigenvalue weighted by Gasteiger charge is 2.03. The summed E-state index contributed by atoms with van der Waals surface area (Å²) in [5, 5.41) is 6.46. The largest absolute Gasteiger partial charge is 0.399 e. The van der Waals surface area contributed by atoms with Gasteiger partial charge in [0.1, 0.15) is 0 Å². The summed E-state index contributed by atoms with van der Waals surface area (Å²) in [7, 11) is 0. The highest BCUT2D eigenvalue weighted by molar-refractivity contribution is 7.09. The van der Waals surface area contributed by atoms with E-state index in [0.717, 1.165) is 23.4 Å². The van der Waals surface area contributed by atoms with Crippen molar-refractivity contribution in [2.75, 3.05) is 5.73 Å². The Morgan fingerprint density at radius 1 is 1.17 bits per heavy atom. The molecule has 2 N–H and O–H groups in total. The highest BCUT2D eigenvalue weighted by Crippen LogP contribution is 2.21. The number of hydrogen-bond donors (Lipinski definition) is 1. The van der Waals surface area contributed by atoms with Gasteiger partial charge < -0.3 is 5.73 Å². The maximum absolute atomic E-state index is 5.79. The van der Waals surface area contributed by atoms with Crippen LogP contribution < -0.4 is 5.73 Å². The van der Waals surface area contributed by atoms with Gasteiger partial charge in [0.05, 0.1) is 12.7 Å². The maximum Gasteiger partial charge on any atom is 0.0752 e. The fraction of sp³-hybridized carbons (Fsp3) is 0.0714. The van der Waals surface area contributed by atoms with E-state index in [2.05, 4.69) is 28.8 Å². The first kappa shape index (κ1) is 11.0. The molecular weight excluding hydrogens is 242 g/mol. The Morgan fingerprint density at radius 3 is 2.89 bits per heavy atom. The molecule has 4 heteroatoms. The SMILES string of the molecule is Nc1cccc(-c2cnn(Cc3cccs3)c2)c1. The van der Waals surface area contributed by atoms with Crippen LogP contribution in [0.25, 0.3) is 11.1 Å². The van der Waals surface area contributed by atoms with E-state index in [9.17, 15) is 0 Å². The number of aromatic nitrogens is 2. The third kappa shape index (κ3) is 2.28. The number of nitrogens with two attached hydrogens (primary N) is 1. The molecule has 3 nitrogen and oxygen atoms in total. The quantitative estimate of drug-likeness (QED) is 0.730. The summed E-state index contributed by atoms with van der Waals surface area (Å²) in [6.07, 6.45) is 3.93. The van der Waals surface area contributed by atoms with Crippen LogP contribution in [-0.2, 0) is 6.54 Å². The Bertz CT molecular complexity index is 641. The van der Waals surface area contributed by atoms with E-state index in [0.29, 0.717) is 0 Å². The fourth-order valence-electron chi connectivity index (χ4n) is 1.88. The Labute approximate surface area is 109 Å². The Hall–Kier alpha value is -2.07. The molecule has 2 heterocycles. The van der Waals surface area contributed by atoms with Gasteiger partial charge in [-0.2, -0.15) is 5.10 Å². The second-order valence-corrected chi connectivity index (χ2v) is 5.16. The van der Waals surface area contributed by atoms with Crippen LogP contribution in [0.5, 0.6) is 0 Å². The van der Waals surface area contributed by atoms with Gasteiger partial charge in [-0.05, 0) is 29.1 Å². The molecular formula is C14H13N3S. The summed E-state index contributed by atoms with van der Waals surface area (Å²) in [6.45, 7) is 0.819. The Morgan fingerprint density at radius 2 is 2.11 bits per heavy atom. The first-order chi connectivity index (χ1) is 8.81. The molecule has 0 radical (unpaired) electrons. The van der Waals surface area contributed by atoms with Crippen LogP contribution in [0.2, 0.25) is 0 Å². The molecule has 1 aromatic carbocycles. The molecule has 0 bridgehead atoms. The molecule has 0 aliphatic carbocycles. The van der Waals surface area contributed by atoms with E-state index in [1.54, 1.807) is 11.3 Å². The normalized spacial score (nSPS) is 10.7. The number of thiophene rings is 1. The summed E-state index contributed by atoms with van der Waals surface area (Å²) in [5.74, 6) is 0. The Kier molecular flexibility index (Phi) is 2.86. The molecule has 0 spiro atoms. The molecule has 0 saturated heterocycles. The Balaban J connectivity index is 1.85. The van der Waals surface area contributed by atoms with Gasteiger partial charge in [-0.25, -0.2) is 0 Å². The van der Waals surface area contributed by atoms with Crippen molar-refractivity contribution in [3.63, 3.8) is 0 Å². The van der Waals surface area contributed by atoms with Crippen molar-refractivity contribution >= 4 is 17.0 Å². The van der Waals surface area contributed by atoms with Crippen LogP contribution >= 0.6 is 11.3 Å². The van der Waals surface area contributed by atoms with E-state index in [-0.39, 0.29) is 0 Å². The summed E-state index contributed by atoms with van der Waals surface area (Å²) in [5.41, 5.74) is 8.76. The average Bonchev–Trinajstić information content (AvgIpc) is 3.01. The highest BCUT2D eigenvalue weighted by atomic mass is 32.1. The minimum atomic E-state index is 0.776. The van der Waals surface area contributed by atoms with Gasteiger partial charge in [0.2, 0.25) is 0 Å². The van der Waals surface area contributed by atoms with Crippen molar-refractivity contribution in [3.05, 3.63) is 59.0 Å². The molecule has 90 valence electrons. The molecule has 0 saturated carbocycles. The van der Waals surface area contributed by atoms with Gasteiger partial charge in [0.25, 0.3) is 0 Å². The van der Waals surface area contributed by atoms with Gasteiger partial charge in [-0.3, -0.25) is 4.68 Å². The average molecular weight is 255 g/mol. The lowest BCUT2D eigenvalue weighted by atomic mass is 10.1. The molecule has 0 aliphatic rings. The van der Waals surface area contributed by atoms with Gasteiger partial charge >= 0.3 is 0 Å². The van der Waals surface area contributed by atoms with Crippen LogP contribution in [0, 0.1) is 0 Å². The first-order valence-electron chi connectivity index (χ1n) is 5.72. The molecule has 0 amide bonds. The number of nitrogens with zero attached hydrogens (tertiary/aromatic N) is 2. The first-order valence-corrected chi connectivity index (χ1v) is 6.60. The van der Waals surface area contributed by atoms with Crippen LogP contribution in [0.4, 0.5) is 5.69 Å². The summed E-state index contributed by atoms with van der Waals surface area (Å²) in [4.78, 5) is 1.30. The van der Waals surface area contributed by atoms with E-state index in [1.807, 2.05) is 35.1 Å². The minimum Gasteiger partial charge on any atom is -0.399 e. The van der Waals surface area contributed by atoms with Gasteiger partial charge in [-0.15, -0.1) is 11.3 Å². The van der Waals surface area contributed by atoms with E-state index < -0.39 is 0 Å². The molecule has 3 rings (SSSR count). The fourth-order valence-corrected chi connectivity index (χ4v) is 2.58. The predicted molar refractivity (Wildman–Crippen MR) is 75.5 cm³/mol. The van der Waals surface area contributed by atoms with Crippen LogP contribution in [0.3, 0.4) is 0 Å². The lowest BCUT2D eigenvalue weighted by molar-refractivity contribution is 0.695. The van der Waals surface area contributed by atoms with Crippen molar-refractivity contribution in [1.82, 2.24) is 9.78 Å². The lowest BCUT2D eigenvalue weighted by Gasteiger charge is -1.99. The second-order valence-electron chi connectivity index (χ2n) is 4.13. The van der Waals surface area contributed by atoms with Gasteiger partial charge in [0, 0.05) is 22.3 Å². The third-order valence-corrected chi connectivity index (χ3v) is 3.61. The summed E-state index contributed by atoms with van der Waals surface area (Å²) in [6, 6.07) is 12.0. The van der Waals surface area contributed by atoms with E-state index in [1.165, 1.54) is 4.88 Å². The number of nitrogen functional groups attached to an aromatic ring is 1. The summed E-state index contributed by atoms with van der Waals surface area (Å²) >= 11 is 1.74. The van der Waals surface area contributed by atoms with Crippen molar-refractivity contribution in [2.45, 2.75) is 6.54 Å². The van der Waals surface area contributed by atoms with Crippen LogP contribution in [0.15, 0.2) is 54.2 Å². The topological polar surface area (TPSA) is 43.8 Å². The predicted octanol–water partition coefficient (Wildman–Crippen LogP) is 3.24. The third-order valence-electron chi connectivity index (χ3n) is 2.75. The number of rotatable bonds is 3. The van der Waals surface area contributed by atoms with E-state index in [4.69, 9.17) is 5.73 Å². The zero-order valence-corrected chi connectivity index (χ0v) is 10.6. The molecule has 18 heavy (non-hydrogen) atoms. The zero-order valence-electron chi connectivity index (χ0n) is 9.78. The molecule has 2 aromatic heterocycles. The van der Waals surface area contributed by atoms with Crippen LogP contribution in [-0.4, -0.2) is 9.78 Å². The molecule has 0 unspecified atom stereocenters. The molecule has 0 atom stereocenters. The molecule has 3 aromatic rings. The number of hydrogen-bond acceptors (Lipinski definition) is 3. The van der Waals surface area contributed by atoms with Crippen molar-refractivity contribution in [1.29, 1.82) is 0 Å². The number of anilines is 1. The summed E-state index contributed by atoms with van der Waals surface area (Å²) < 4.78 is 1.95. The maximum atomic E-state index is 5.79. The van der Waals surface area contributed by atoms with Crippen molar-refractivity contribution in [2.24, 2.45) is 0 Å². The monoisotopic (exact) mass is 255 g/mol. The van der Waals surface area contributed by atoms with Crippen LogP contribution in [0.1, 0.15) is 4.88 Å². The molecule has 0 fully saturated rings. The van der Waals surface area contributed by atoms with Crippen molar-refractivity contribution in [3.8, 4) is 11.1 Å². The van der Waals surface area contributed by atoms with Gasteiger partial charge in [0.15, 0.2) is 0 Å². The smallest absolute Gasteiger partial charge is 0.0752 e. The van der Waals surface area contributed by atoms with Crippen molar-refractivity contribution < 1.29 is 0 Å². The zero-order chi connectivity index (χ0) is 12.4. The molecule has 0 aliphatic heterocycles. The standard InChI is InChI=1S/C14H13N3S/c15-13-4-1-3-11(7-13)12-8-16-17(9-12)10-14-5-2-6-18-14/h1-9H,10,15H2. The second kappa shape index (κ2) is 4.66. The van der Waals surface area contributed by atoms with E-state index >= 15 is 0 Å². The van der Waals surface area contributed by atoms with Gasteiger partial charge in [-0.1, -0.05) is 18.2 Å². The minimum absolute atomic E-state index is 0.776.